The van der Waals surface area contributed by atoms with Crippen molar-refractivity contribution < 1.29 is 13.9 Å². The van der Waals surface area contributed by atoms with Gasteiger partial charge in [0.05, 0.1) is 6.10 Å². The SMILES string of the molecule is O[C@H]1c2ccccc2CC[C@H]1c1cc(F)ccc1F. The number of benzene rings is 2. The van der Waals surface area contributed by atoms with Crippen LogP contribution in [0.5, 0.6) is 0 Å². The van der Waals surface area contributed by atoms with E-state index in [0.29, 0.717) is 6.42 Å². The molecule has 1 aliphatic rings. The molecule has 98 valence electrons. The normalized spacial score (nSPS) is 22.1. The van der Waals surface area contributed by atoms with Crippen molar-refractivity contribution in [1.82, 2.24) is 0 Å². The number of fused-ring (bicyclic) bond motifs is 1. The van der Waals surface area contributed by atoms with Gasteiger partial charge in [0.1, 0.15) is 11.6 Å². The quantitative estimate of drug-likeness (QED) is 0.828. The molecule has 0 spiro atoms. The van der Waals surface area contributed by atoms with Crippen molar-refractivity contribution in [2.45, 2.75) is 24.9 Å². The summed E-state index contributed by atoms with van der Waals surface area (Å²) in [6, 6.07) is 11.0. The van der Waals surface area contributed by atoms with Crippen LogP contribution in [0.2, 0.25) is 0 Å². The number of rotatable bonds is 1. The highest BCUT2D eigenvalue weighted by molar-refractivity contribution is 5.36. The first-order valence-corrected chi connectivity index (χ1v) is 6.37. The second-order valence-electron chi connectivity index (χ2n) is 4.95. The van der Waals surface area contributed by atoms with Crippen molar-refractivity contribution in [3.63, 3.8) is 0 Å². The van der Waals surface area contributed by atoms with Gasteiger partial charge in [-0.15, -0.1) is 0 Å². The molecule has 0 radical (unpaired) electrons. The highest BCUT2D eigenvalue weighted by atomic mass is 19.1. The molecule has 0 saturated heterocycles. The molecule has 1 N–H and O–H groups in total. The maximum absolute atomic E-state index is 13.8. The lowest BCUT2D eigenvalue weighted by Gasteiger charge is -2.30. The van der Waals surface area contributed by atoms with Gasteiger partial charge < -0.3 is 5.11 Å². The second-order valence-corrected chi connectivity index (χ2v) is 4.95. The number of aryl methyl sites for hydroxylation is 1. The zero-order valence-corrected chi connectivity index (χ0v) is 10.3. The summed E-state index contributed by atoms with van der Waals surface area (Å²) in [5.74, 6) is -1.31. The number of halogens is 2. The van der Waals surface area contributed by atoms with E-state index >= 15 is 0 Å². The predicted molar refractivity (Wildman–Crippen MR) is 68.8 cm³/mol. The third-order valence-electron chi connectivity index (χ3n) is 3.84. The summed E-state index contributed by atoms with van der Waals surface area (Å²) in [5, 5.41) is 10.4. The van der Waals surface area contributed by atoms with E-state index in [1.165, 1.54) is 6.07 Å². The second kappa shape index (κ2) is 4.74. The van der Waals surface area contributed by atoms with Crippen LogP contribution in [-0.4, -0.2) is 5.11 Å². The molecule has 1 aliphatic carbocycles. The molecule has 0 fully saturated rings. The fraction of sp³-hybridized carbons (Fsp3) is 0.250. The Labute approximate surface area is 110 Å². The predicted octanol–water partition coefficient (Wildman–Crippen LogP) is 3.73. The van der Waals surface area contributed by atoms with Gasteiger partial charge in [0, 0.05) is 5.92 Å². The van der Waals surface area contributed by atoms with Gasteiger partial charge >= 0.3 is 0 Å². The zero-order chi connectivity index (χ0) is 13.4. The summed E-state index contributed by atoms with van der Waals surface area (Å²) in [7, 11) is 0. The van der Waals surface area contributed by atoms with E-state index < -0.39 is 17.7 Å². The Hall–Kier alpha value is -1.74. The molecular formula is C16H14F2O. The van der Waals surface area contributed by atoms with E-state index in [0.717, 1.165) is 29.7 Å². The Bertz CT molecular complexity index is 609. The number of hydrogen-bond donors (Lipinski definition) is 1. The highest BCUT2D eigenvalue weighted by Crippen LogP contribution is 2.41. The maximum Gasteiger partial charge on any atom is 0.126 e. The highest BCUT2D eigenvalue weighted by Gasteiger charge is 2.30. The van der Waals surface area contributed by atoms with Crippen LogP contribution in [0.25, 0.3) is 0 Å². The molecule has 3 heteroatoms. The Morgan fingerprint density at radius 3 is 2.63 bits per heavy atom. The standard InChI is InChI=1S/C16H14F2O/c17-11-6-8-15(18)14(9-11)13-7-5-10-3-1-2-4-12(10)16(13)19/h1-4,6,8-9,13,16,19H,5,7H2/t13-,16-/m0/s1. The minimum Gasteiger partial charge on any atom is -0.388 e. The molecule has 2 aromatic rings. The third-order valence-corrected chi connectivity index (χ3v) is 3.84. The number of aliphatic hydroxyl groups is 1. The summed E-state index contributed by atoms with van der Waals surface area (Å²) in [6.45, 7) is 0. The number of aliphatic hydroxyl groups excluding tert-OH is 1. The summed E-state index contributed by atoms with van der Waals surface area (Å²) in [6.07, 6.45) is 0.619. The van der Waals surface area contributed by atoms with Crippen LogP contribution < -0.4 is 0 Å². The molecule has 0 unspecified atom stereocenters. The van der Waals surface area contributed by atoms with Crippen LogP contribution in [0.1, 0.15) is 35.1 Å². The van der Waals surface area contributed by atoms with Crippen molar-refractivity contribution in [2.75, 3.05) is 0 Å². The van der Waals surface area contributed by atoms with E-state index in [1.54, 1.807) is 0 Å². The lowest BCUT2D eigenvalue weighted by atomic mass is 9.78. The van der Waals surface area contributed by atoms with Crippen LogP contribution in [0, 0.1) is 11.6 Å². The Morgan fingerprint density at radius 1 is 1.00 bits per heavy atom. The van der Waals surface area contributed by atoms with Crippen molar-refractivity contribution >= 4 is 0 Å². The minimum absolute atomic E-state index is 0.266. The minimum atomic E-state index is -0.777. The molecule has 0 bridgehead atoms. The molecule has 2 atom stereocenters. The van der Waals surface area contributed by atoms with Crippen molar-refractivity contribution in [3.8, 4) is 0 Å². The molecule has 0 amide bonds. The van der Waals surface area contributed by atoms with Gasteiger partial charge in [-0.05, 0) is 47.7 Å². The van der Waals surface area contributed by atoms with Crippen LogP contribution >= 0.6 is 0 Å². The monoisotopic (exact) mass is 260 g/mol. The lowest BCUT2D eigenvalue weighted by molar-refractivity contribution is 0.130. The zero-order valence-electron chi connectivity index (χ0n) is 10.3. The molecular weight excluding hydrogens is 246 g/mol. The van der Waals surface area contributed by atoms with Gasteiger partial charge in [0.15, 0.2) is 0 Å². The number of hydrogen-bond acceptors (Lipinski definition) is 1. The van der Waals surface area contributed by atoms with Crippen molar-refractivity contribution in [2.24, 2.45) is 0 Å². The Morgan fingerprint density at radius 2 is 1.79 bits per heavy atom. The van der Waals surface area contributed by atoms with Crippen LogP contribution in [0.4, 0.5) is 8.78 Å². The van der Waals surface area contributed by atoms with Crippen LogP contribution in [0.15, 0.2) is 42.5 Å². The smallest absolute Gasteiger partial charge is 0.126 e. The molecule has 19 heavy (non-hydrogen) atoms. The fourth-order valence-electron chi connectivity index (χ4n) is 2.86. The van der Waals surface area contributed by atoms with Crippen molar-refractivity contribution in [3.05, 3.63) is 70.8 Å². The Kier molecular flexibility index (Phi) is 3.07. The Balaban J connectivity index is 2.02. The van der Waals surface area contributed by atoms with E-state index in [9.17, 15) is 13.9 Å². The summed E-state index contributed by atoms with van der Waals surface area (Å²) in [4.78, 5) is 0. The lowest BCUT2D eigenvalue weighted by Crippen LogP contribution is -2.20. The van der Waals surface area contributed by atoms with E-state index in [2.05, 4.69) is 0 Å². The summed E-state index contributed by atoms with van der Waals surface area (Å²) in [5.41, 5.74) is 2.17. The first kappa shape index (κ1) is 12.3. The van der Waals surface area contributed by atoms with E-state index in [-0.39, 0.29) is 11.5 Å². The molecule has 0 aromatic heterocycles. The first-order valence-electron chi connectivity index (χ1n) is 6.37. The third kappa shape index (κ3) is 2.15. The fourth-order valence-corrected chi connectivity index (χ4v) is 2.86. The average molecular weight is 260 g/mol. The topological polar surface area (TPSA) is 20.2 Å². The largest absolute Gasteiger partial charge is 0.388 e. The molecule has 0 heterocycles. The first-order chi connectivity index (χ1) is 9.16. The van der Waals surface area contributed by atoms with Gasteiger partial charge in [-0.1, -0.05) is 24.3 Å². The van der Waals surface area contributed by atoms with Crippen LogP contribution in [0.3, 0.4) is 0 Å². The molecule has 0 saturated carbocycles. The maximum atomic E-state index is 13.8. The van der Waals surface area contributed by atoms with E-state index in [1.807, 2.05) is 24.3 Å². The van der Waals surface area contributed by atoms with Gasteiger partial charge in [0.2, 0.25) is 0 Å². The molecule has 2 aromatic carbocycles. The average Bonchev–Trinajstić information content (AvgIpc) is 2.43. The van der Waals surface area contributed by atoms with Gasteiger partial charge in [-0.3, -0.25) is 0 Å². The molecule has 1 nitrogen and oxygen atoms in total. The molecule has 3 rings (SSSR count). The molecule has 0 aliphatic heterocycles. The van der Waals surface area contributed by atoms with Crippen LogP contribution in [-0.2, 0) is 6.42 Å². The van der Waals surface area contributed by atoms with Gasteiger partial charge in [-0.25, -0.2) is 8.78 Å². The van der Waals surface area contributed by atoms with Gasteiger partial charge in [0.25, 0.3) is 0 Å². The van der Waals surface area contributed by atoms with Gasteiger partial charge in [-0.2, -0.15) is 0 Å². The van der Waals surface area contributed by atoms with Crippen molar-refractivity contribution in [1.29, 1.82) is 0 Å². The summed E-state index contributed by atoms with van der Waals surface area (Å²) < 4.78 is 27.1. The summed E-state index contributed by atoms with van der Waals surface area (Å²) >= 11 is 0. The van der Waals surface area contributed by atoms with E-state index in [4.69, 9.17) is 0 Å².